The number of nitrogens with one attached hydrogen (secondary N) is 2. The molecule has 25 heavy (non-hydrogen) atoms. The van der Waals surface area contributed by atoms with Crippen molar-refractivity contribution in [1.82, 2.24) is 9.71 Å². The van der Waals surface area contributed by atoms with E-state index in [1.807, 2.05) is 30.3 Å². The standard InChI is InChI=1S/C16H15BrN2O4S2/c1-23-16(20)13(19-25(21,22)15-7-6-14(17)24-15)9-11-8-10-4-2-3-5-12(10)18-11/h2-8,13,18-19H,9H2,1H3/t13-/m1/s1. The van der Waals surface area contributed by atoms with E-state index in [1.54, 1.807) is 6.07 Å². The Labute approximate surface area is 157 Å². The van der Waals surface area contributed by atoms with Crippen molar-refractivity contribution in [3.63, 3.8) is 0 Å². The van der Waals surface area contributed by atoms with Crippen LogP contribution in [0.4, 0.5) is 0 Å². The fourth-order valence-corrected chi connectivity index (χ4v) is 5.68. The zero-order chi connectivity index (χ0) is 18.0. The van der Waals surface area contributed by atoms with Crippen LogP contribution < -0.4 is 4.72 Å². The Bertz CT molecular complexity index is 977. The first kappa shape index (κ1) is 18.1. The number of carbonyl (C=O) groups excluding carboxylic acids is 1. The first-order chi connectivity index (χ1) is 11.9. The van der Waals surface area contributed by atoms with Gasteiger partial charge < -0.3 is 9.72 Å². The van der Waals surface area contributed by atoms with Gasteiger partial charge in [-0.05, 0) is 45.6 Å². The minimum Gasteiger partial charge on any atom is -0.468 e. The van der Waals surface area contributed by atoms with Crippen LogP contribution in [0.2, 0.25) is 0 Å². The van der Waals surface area contributed by atoms with Gasteiger partial charge in [0, 0.05) is 17.6 Å². The lowest BCUT2D eigenvalue weighted by atomic mass is 10.1. The number of hydrogen-bond donors (Lipinski definition) is 2. The number of H-pyrrole nitrogens is 1. The van der Waals surface area contributed by atoms with Crippen LogP contribution in [0.5, 0.6) is 0 Å². The summed E-state index contributed by atoms with van der Waals surface area (Å²) in [4.78, 5) is 15.3. The summed E-state index contributed by atoms with van der Waals surface area (Å²) >= 11 is 4.31. The van der Waals surface area contributed by atoms with Crippen molar-refractivity contribution in [1.29, 1.82) is 0 Å². The van der Waals surface area contributed by atoms with Crippen LogP contribution in [0.3, 0.4) is 0 Å². The van der Waals surface area contributed by atoms with Gasteiger partial charge in [0.25, 0.3) is 10.0 Å². The molecule has 2 heterocycles. The number of sulfonamides is 1. The maximum atomic E-state index is 12.5. The van der Waals surface area contributed by atoms with Crippen molar-refractivity contribution in [2.24, 2.45) is 0 Å². The van der Waals surface area contributed by atoms with Crippen LogP contribution in [0.25, 0.3) is 10.9 Å². The Balaban J connectivity index is 1.86. The van der Waals surface area contributed by atoms with Gasteiger partial charge in [0.15, 0.2) is 0 Å². The Kier molecular flexibility index (Phi) is 5.28. The number of carbonyl (C=O) groups is 1. The Morgan fingerprint density at radius 3 is 2.72 bits per heavy atom. The van der Waals surface area contributed by atoms with E-state index in [0.29, 0.717) is 3.79 Å². The maximum absolute atomic E-state index is 12.5. The van der Waals surface area contributed by atoms with Gasteiger partial charge in [-0.2, -0.15) is 4.72 Å². The van der Waals surface area contributed by atoms with Crippen molar-refractivity contribution in [2.45, 2.75) is 16.7 Å². The number of benzene rings is 1. The molecule has 1 atom stereocenters. The van der Waals surface area contributed by atoms with Crippen molar-refractivity contribution in [3.8, 4) is 0 Å². The normalized spacial score (nSPS) is 13.0. The Morgan fingerprint density at radius 2 is 2.08 bits per heavy atom. The summed E-state index contributed by atoms with van der Waals surface area (Å²) in [5.74, 6) is -0.641. The predicted molar refractivity (Wildman–Crippen MR) is 100 cm³/mol. The second-order valence-corrected chi connectivity index (χ2v) is 9.75. The molecule has 9 heteroatoms. The number of para-hydroxylation sites is 1. The number of fused-ring (bicyclic) bond motifs is 1. The molecular formula is C16H15BrN2O4S2. The second-order valence-electron chi connectivity index (χ2n) is 5.34. The monoisotopic (exact) mass is 442 g/mol. The number of aromatic nitrogens is 1. The Morgan fingerprint density at radius 1 is 1.32 bits per heavy atom. The number of aromatic amines is 1. The predicted octanol–water partition coefficient (Wildman–Crippen LogP) is 3.05. The highest BCUT2D eigenvalue weighted by molar-refractivity contribution is 9.11. The molecule has 2 N–H and O–H groups in total. The number of rotatable bonds is 6. The molecule has 0 aliphatic heterocycles. The topological polar surface area (TPSA) is 88.3 Å². The summed E-state index contributed by atoms with van der Waals surface area (Å²) in [6.07, 6.45) is 0.160. The SMILES string of the molecule is COC(=O)[C@@H](Cc1cc2ccccc2[nH]1)NS(=O)(=O)c1ccc(Br)s1. The average Bonchev–Trinajstić information content (AvgIpc) is 3.19. The fourth-order valence-electron chi connectivity index (χ4n) is 2.47. The quantitative estimate of drug-likeness (QED) is 0.574. The average molecular weight is 443 g/mol. The molecule has 0 aliphatic rings. The number of methoxy groups -OCH3 is 1. The van der Waals surface area contributed by atoms with Crippen molar-refractivity contribution < 1.29 is 17.9 Å². The summed E-state index contributed by atoms with van der Waals surface area (Å²) < 4.78 is 33.0. The van der Waals surface area contributed by atoms with Gasteiger partial charge in [-0.3, -0.25) is 4.79 Å². The van der Waals surface area contributed by atoms with Gasteiger partial charge in [-0.15, -0.1) is 11.3 Å². The minimum atomic E-state index is -3.82. The highest BCUT2D eigenvalue weighted by Crippen LogP contribution is 2.26. The number of halogens is 1. The lowest BCUT2D eigenvalue weighted by molar-refractivity contribution is -0.142. The van der Waals surface area contributed by atoms with Gasteiger partial charge in [0.2, 0.25) is 0 Å². The molecule has 2 aromatic heterocycles. The minimum absolute atomic E-state index is 0.130. The molecule has 0 saturated carbocycles. The molecule has 0 aliphatic carbocycles. The van der Waals surface area contributed by atoms with Gasteiger partial charge in [-0.1, -0.05) is 18.2 Å². The molecule has 0 fully saturated rings. The van der Waals surface area contributed by atoms with E-state index in [-0.39, 0.29) is 10.6 Å². The molecule has 132 valence electrons. The third-order valence-electron chi connectivity index (χ3n) is 3.61. The van der Waals surface area contributed by atoms with Gasteiger partial charge in [0.05, 0.1) is 10.9 Å². The zero-order valence-electron chi connectivity index (χ0n) is 13.2. The van der Waals surface area contributed by atoms with Gasteiger partial charge in [-0.25, -0.2) is 8.42 Å². The van der Waals surface area contributed by atoms with Crippen molar-refractivity contribution in [3.05, 3.63) is 51.9 Å². The number of esters is 1. The van der Waals surface area contributed by atoms with Crippen LogP contribution in [-0.2, 0) is 26.0 Å². The molecule has 3 rings (SSSR count). The molecular weight excluding hydrogens is 428 g/mol. The lowest BCUT2D eigenvalue weighted by Gasteiger charge is -2.15. The molecule has 6 nitrogen and oxygen atoms in total. The number of hydrogen-bond acceptors (Lipinski definition) is 5. The first-order valence-electron chi connectivity index (χ1n) is 7.31. The molecule has 0 amide bonds. The van der Waals surface area contributed by atoms with Gasteiger partial charge in [0.1, 0.15) is 10.3 Å². The van der Waals surface area contributed by atoms with E-state index in [4.69, 9.17) is 4.74 Å². The summed E-state index contributed by atoms with van der Waals surface area (Å²) in [6, 6.07) is 11.7. The van der Waals surface area contributed by atoms with Crippen LogP contribution in [0.1, 0.15) is 5.69 Å². The zero-order valence-corrected chi connectivity index (χ0v) is 16.4. The van der Waals surface area contributed by atoms with E-state index in [1.165, 1.54) is 13.2 Å². The summed E-state index contributed by atoms with van der Waals surface area (Å²) in [7, 11) is -2.59. The van der Waals surface area contributed by atoms with Gasteiger partial charge >= 0.3 is 5.97 Å². The third-order valence-corrected chi connectivity index (χ3v) is 7.19. The highest BCUT2D eigenvalue weighted by Gasteiger charge is 2.28. The molecule has 3 aromatic rings. The van der Waals surface area contributed by atoms with Crippen molar-refractivity contribution in [2.75, 3.05) is 7.11 Å². The maximum Gasteiger partial charge on any atom is 0.324 e. The smallest absolute Gasteiger partial charge is 0.324 e. The van der Waals surface area contributed by atoms with Crippen molar-refractivity contribution >= 4 is 54.2 Å². The van der Waals surface area contributed by atoms with E-state index in [0.717, 1.165) is 27.9 Å². The summed E-state index contributed by atoms with van der Waals surface area (Å²) in [6.45, 7) is 0. The van der Waals surface area contributed by atoms with E-state index >= 15 is 0 Å². The fraction of sp³-hybridized carbons (Fsp3) is 0.188. The van der Waals surface area contributed by atoms with E-state index < -0.39 is 22.0 Å². The van der Waals surface area contributed by atoms with Crippen LogP contribution in [0, 0.1) is 0 Å². The molecule has 0 radical (unpaired) electrons. The molecule has 0 spiro atoms. The number of thiophene rings is 1. The largest absolute Gasteiger partial charge is 0.468 e. The van der Waals surface area contributed by atoms with Crippen LogP contribution in [-0.4, -0.2) is 32.5 Å². The molecule has 0 saturated heterocycles. The van der Waals surface area contributed by atoms with E-state index in [9.17, 15) is 13.2 Å². The Hall–Kier alpha value is -1.68. The second kappa shape index (κ2) is 7.28. The highest BCUT2D eigenvalue weighted by atomic mass is 79.9. The molecule has 0 bridgehead atoms. The number of ether oxygens (including phenoxy) is 1. The molecule has 1 aromatic carbocycles. The summed E-state index contributed by atoms with van der Waals surface area (Å²) in [5, 5.41) is 0.992. The first-order valence-corrected chi connectivity index (χ1v) is 10.4. The third kappa shape index (κ3) is 4.12. The van der Waals surface area contributed by atoms with Crippen LogP contribution in [0.15, 0.2) is 50.5 Å². The van der Waals surface area contributed by atoms with Crippen LogP contribution >= 0.6 is 27.3 Å². The molecule has 0 unspecified atom stereocenters. The lowest BCUT2D eigenvalue weighted by Crippen LogP contribution is -2.42. The summed E-state index contributed by atoms with van der Waals surface area (Å²) in [5.41, 5.74) is 1.66. The van der Waals surface area contributed by atoms with E-state index in [2.05, 4.69) is 25.6 Å².